The van der Waals surface area contributed by atoms with Crippen LogP contribution in [0.2, 0.25) is 0 Å². The van der Waals surface area contributed by atoms with Gasteiger partial charge in [0.2, 0.25) is 0 Å². The van der Waals surface area contributed by atoms with Crippen LogP contribution >= 0.6 is 0 Å². The van der Waals surface area contributed by atoms with Crippen LogP contribution in [0.5, 0.6) is 0 Å². The molecule has 5 rings (SSSR count). The van der Waals surface area contributed by atoms with Gasteiger partial charge in [0.25, 0.3) is 5.91 Å². The number of hydrogen-bond donors (Lipinski definition) is 3. The van der Waals surface area contributed by atoms with Gasteiger partial charge in [-0.1, -0.05) is 18.6 Å². The van der Waals surface area contributed by atoms with E-state index in [1.54, 1.807) is 0 Å². The lowest BCUT2D eigenvalue weighted by Crippen LogP contribution is -2.65. The molecule has 0 saturated carbocycles. The highest BCUT2D eigenvalue weighted by atomic mass is 16.1. The zero-order valence-electron chi connectivity index (χ0n) is 16.2. The fourth-order valence-corrected chi connectivity index (χ4v) is 6.04. The Morgan fingerprint density at radius 2 is 2.11 bits per heavy atom. The number of para-hydroxylation sites is 1. The standard InChI is InChI=1S/C22H32N4O/c27-22(18-7-3-5-15-6-4-9-24-21(15)18)25-14-20-17-11-16(12-23-13-17)19-8-1-2-10-26(19)20/h3,5,7,16-17,19-20,23-24H,1-2,4,6,8-14H2,(H,25,27)/t16-,17+,19+,20+/m1/s1. The van der Waals surface area contributed by atoms with Crippen LogP contribution in [0.3, 0.4) is 0 Å². The number of hydrogen-bond acceptors (Lipinski definition) is 4. The first kappa shape index (κ1) is 17.5. The number of fused-ring (bicyclic) bond motifs is 5. The van der Waals surface area contributed by atoms with Crippen molar-refractivity contribution in [3.63, 3.8) is 0 Å². The van der Waals surface area contributed by atoms with Crippen LogP contribution in [0.4, 0.5) is 5.69 Å². The SMILES string of the molecule is O=C(NC[C@H]1[C@@H]2CNC[C@@H](C2)[C@@H]2CCCCN21)c1cccc2c1NCCC2. The number of carbonyl (C=O) groups is 1. The third-order valence-corrected chi connectivity index (χ3v) is 7.32. The van der Waals surface area contributed by atoms with E-state index in [9.17, 15) is 4.79 Å². The van der Waals surface area contributed by atoms with E-state index >= 15 is 0 Å². The molecule has 4 atom stereocenters. The van der Waals surface area contributed by atoms with Crippen molar-refractivity contribution in [2.75, 3.05) is 38.0 Å². The first-order valence-electron chi connectivity index (χ1n) is 10.9. The Hall–Kier alpha value is -1.59. The molecule has 3 fully saturated rings. The van der Waals surface area contributed by atoms with Crippen molar-refractivity contribution in [3.8, 4) is 0 Å². The van der Waals surface area contributed by atoms with E-state index in [4.69, 9.17) is 0 Å². The number of nitrogens with one attached hydrogen (secondary N) is 3. The minimum absolute atomic E-state index is 0.0840. The number of piperidine rings is 3. The molecule has 5 heteroatoms. The van der Waals surface area contributed by atoms with Gasteiger partial charge in [-0.15, -0.1) is 0 Å². The number of carbonyl (C=O) groups excluding carboxylic acids is 1. The van der Waals surface area contributed by atoms with E-state index in [1.807, 2.05) is 12.1 Å². The largest absolute Gasteiger partial charge is 0.384 e. The average Bonchev–Trinajstić information content (AvgIpc) is 2.73. The molecule has 1 amide bonds. The Kier molecular flexibility index (Phi) is 4.82. The Morgan fingerprint density at radius 3 is 3.07 bits per heavy atom. The van der Waals surface area contributed by atoms with Gasteiger partial charge in [-0.25, -0.2) is 0 Å². The highest BCUT2D eigenvalue weighted by Gasteiger charge is 2.45. The highest BCUT2D eigenvalue weighted by Crippen LogP contribution is 2.38. The highest BCUT2D eigenvalue weighted by molar-refractivity contribution is 6.00. The predicted molar refractivity (Wildman–Crippen MR) is 108 cm³/mol. The maximum Gasteiger partial charge on any atom is 0.253 e. The molecule has 1 aromatic carbocycles. The molecule has 27 heavy (non-hydrogen) atoms. The van der Waals surface area contributed by atoms with Crippen LogP contribution in [-0.2, 0) is 6.42 Å². The van der Waals surface area contributed by atoms with Crippen LogP contribution in [-0.4, -0.2) is 55.6 Å². The molecule has 4 aliphatic heterocycles. The van der Waals surface area contributed by atoms with Crippen LogP contribution in [0, 0.1) is 11.8 Å². The average molecular weight is 369 g/mol. The van der Waals surface area contributed by atoms with E-state index in [1.165, 1.54) is 44.3 Å². The molecule has 0 aliphatic carbocycles. The zero-order valence-corrected chi connectivity index (χ0v) is 16.2. The van der Waals surface area contributed by atoms with Crippen molar-refractivity contribution in [1.29, 1.82) is 0 Å². The van der Waals surface area contributed by atoms with E-state index in [0.717, 1.165) is 55.7 Å². The normalized spacial score (nSPS) is 32.7. The van der Waals surface area contributed by atoms with Crippen molar-refractivity contribution >= 4 is 11.6 Å². The van der Waals surface area contributed by atoms with Crippen molar-refractivity contribution in [3.05, 3.63) is 29.3 Å². The Morgan fingerprint density at radius 1 is 1.19 bits per heavy atom. The van der Waals surface area contributed by atoms with Gasteiger partial charge in [0, 0.05) is 25.2 Å². The molecule has 146 valence electrons. The molecule has 0 spiro atoms. The Balaban J connectivity index is 1.31. The molecule has 3 N–H and O–H groups in total. The summed E-state index contributed by atoms with van der Waals surface area (Å²) in [5.74, 6) is 1.56. The lowest BCUT2D eigenvalue weighted by Gasteiger charge is -2.55. The fourth-order valence-electron chi connectivity index (χ4n) is 6.04. The number of anilines is 1. The van der Waals surface area contributed by atoms with Crippen LogP contribution in [0.25, 0.3) is 0 Å². The fraction of sp³-hybridized carbons (Fsp3) is 0.682. The lowest BCUT2D eigenvalue weighted by atomic mass is 9.73. The van der Waals surface area contributed by atoms with E-state index in [-0.39, 0.29) is 5.91 Å². The molecule has 3 saturated heterocycles. The Bertz CT molecular complexity index is 706. The van der Waals surface area contributed by atoms with Gasteiger partial charge in [-0.05, 0) is 75.2 Å². The minimum Gasteiger partial charge on any atom is -0.384 e. The van der Waals surface area contributed by atoms with Gasteiger partial charge < -0.3 is 16.0 Å². The second kappa shape index (κ2) is 7.44. The van der Waals surface area contributed by atoms with Crippen LogP contribution in [0.1, 0.15) is 48.0 Å². The molecule has 0 radical (unpaired) electrons. The minimum atomic E-state index is 0.0840. The third-order valence-electron chi connectivity index (χ3n) is 7.32. The van der Waals surface area contributed by atoms with E-state index in [2.05, 4.69) is 26.9 Å². The summed E-state index contributed by atoms with van der Waals surface area (Å²) in [5, 5.41) is 10.4. The molecule has 1 aromatic rings. The number of benzene rings is 1. The first-order chi connectivity index (χ1) is 13.3. The number of rotatable bonds is 3. The van der Waals surface area contributed by atoms with Crippen molar-refractivity contribution in [2.45, 2.75) is 50.6 Å². The summed E-state index contributed by atoms with van der Waals surface area (Å²) >= 11 is 0. The van der Waals surface area contributed by atoms with Crippen molar-refractivity contribution in [1.82, 2.24) is 15.5 Å². The first-order valence-corrected chi connectivity index (χ1v) is 10.9. The maximum atomic E-state index is 13.0. The Labute approximate surface area is 162 Å². The van der Waals surface area contributed by atoms with Gasteiger partial charge >= 0.3 is 0 Å². The number of amides is 1. The predicted octanol–water partition coefficient (Wildman–Crippen LogP) is 2.24. The lowest BCUT2D eigenvalue weighted by molar-refractivity contribution is -0.0371. The molecular formula is C22H32N4O. The van der Waals surface area contributed by atoms with Crippen LogP contribution in [0.15, 0.2) is 18.2 Å². The van der Waals surface area contributed by atoms with Crippen molar-refractivity contribution in [2.24, 2.45) is 11.8 Å². The topological polar surface area (TPSA) is 56.4 Å². The number of nitrogens with zero attached hydrogens (tertiary/aromatic N) is 1. The third kappa shape index (κ3) is 3.25. The summed E-state index contributed by atoms with van der Waals surface area (Å²) in [6, 6.07) is 7.34. The van der Waals surface area contributed by atoms with Crippen LogP contribution < -0.4 is 16.0 Å². The summed E-state index contributed by atoms with van der Waals surface area (Å²) in [6.07, 6.45) is 7.55. The molecule has 4 heterocycles. The van der Waals surface area contributed by atoms with Gasteiger partial charge in [0.15, 0.2) is 0 Å². The maximum absolute atomic E-state index is 13.0. The second-order valence-electron chi connectivity index (χ2n) is 8.86. The smallest absolute Gasteiger partial charge is 0.253 e. The summed E-state index contributed by atoms with van der Waals surface area (Å²) in [6.45, 7) is 5.23. The molecule has 0 unspecified atom stereocenters. The summed E-state index contributed by atoms with van der Waals surface area (Å²) in [4.78, 5) is 15.8. The second-order valence-corrected chi connectivity index (χ2v) is 8.86. The molecule has 4 aliphatic rings. The summed E-state index contributed by atoms with van der Waals surface area (Å²) < 4.78 is 0. The molecule has 5 nitrogen and oxygen atoms in total. The summed E-state index contributed by atoms with van der Waals surface area (Å²) in [7, 11) is 0. The molecular weight excluding hydrogens is 336 g/mol. The van der Waals surface area contributed by atoms with E-state index in [0.29, 0.717) is 12.0 Å². The van der Waals surface area contributed by atoms with Crippen molar-refractivity contribution < 1.29 is 4.79 Å². The number of aryl methyl sites for hydroxylation is 1. The van der Waals surface area contributed by atoms with Gasteiger partial charge in [0.1, 0.15) is 0 Å². The van der Waals surface area contributed by atoms with E-state index < -0.39 is 0 Å². The summed E-state index contributed by atoms with van der Waals surface area (Å²) in [5.41, 5.74) is 3.15. The monoisotopic (exact) mass is 368 g/mol. The van der Waals surface area contributed by atoms with Gasteiger partial charge in [-0.2, -0.15) is 0 Å². The zero-order chi connectivity index (χ0) is 18.2. The quantitative estimate of drug-likeness (QED) is 0.766. The van der Waals surface area contributed by atoms with Gasteiger partial charge in [-0.3, -0.25) is 9.69 Å². The molecule has 2 bridgehead atoms. The van der Waals surface area contributed by atoms with Gasteiger partial charge in [0.05, 0.1) is 11.3 Å². The molecule has 0 aromatic heterocycles.